The molecule has 2 N–H and O–H groups in total. The molecular formula is C6H8Cl2N2O2. The smallest absolute Gasteiger partial charge is 0.358 e. The van der Waals surface area contributed by atoms with Crippen LogP contribution in [-0.2, 0) is 4.74 Å². The molecule has 0 saturated heterocycles. The second kappa shape index (κ2) is 4.23. The molecule has 1 rings (SSSR count). The number of ether oxygens (including phenoxy) is 1. The van der Waals surface area contributed by atoms with Crippen molar-refractivity contribution in [2.45, 2.75) is 0 Å². The number of hydrogen-bond acceptors (Lipinski definition) is 3. The first-order valence-corrected chi connectivity index (χ1v) is 3.25. The normalized spacial score (nSPS) is 8.83. The van der Waals surface area contributed by atoms with E-state index in [1.807, 2.05) is 0 Å². The maximum atomic E-state index is 10.9. The molecule has 0 radical (unpaired) electrons. The minimum Gasteiger partial charge on any atom is -0.464 e. The predicted molar refractivity (Wildman–Crippen MR) is 48.2 cm³/mol. The van der Waals surface area contributed by atoms with E-state index in [2.05, 4.69) is 4.74 Å². The molecule has 4 nitrogen and oxygen atoms in total. The van der Waals surface area contributed by atoms with Crippen molar-refractivity contribution in [1.82, 2.24) is 4.68 Å². The number of aromatic nitrogens is 1. The molecule has 0 amide bonds. The van der Waals surface area contributed by atoms with E-state index in [9.17, 15) is 4.79 Å². The standard InChI is InChI=1S/C6H7ClN2O2.ClH/c1-11-6(10)5-4(7)2-3-9(5)8;/h2-3H,8H2,1H3;1H. The van der Waals surface area contributed by atoms with Gasteiger partial charge in [0.1, 0.15) is 0 Å². The van der Waals surface area contributed by atoms with Crippen molar-refractivity contribution in [2.24, 2.45) is 0 Å². The molecule has 0 fully saturated rings. The summed E-state index contributed by atoms with van der Waals surface area (Å²) in [6.07, 6.45) is 1.48. The van der Waals surface area contributed by atoms with E-state index in [-0.39, 0.29) is 18.1 Å². The number of nitrogen functional groups attached to an aromatic ring is 1. The molecule has 0 unspecified atom stereocenters. The van der Waals surface area contributed by atoms with Gasteiger partial charge in [-0.25, -0.2) is 4.79 Å². The number of esters is 1. The highest BCUT2D eigenvalue weighted by molar-refractivity contribution is 6.33. The minimum atomic E-state index is -0.539. The first-order valence-electron chi connectivity index (χ1n) is 2.87. The van der Waals surface area contributed by atoms with Gasteiger partial charge in [0.05, 0.1) is 12.1 Å². The molecule has 0 atom stereocenters. The fourth-order valence-corrected chi connectivity index (χ4v) is 0.953. The molecule has 0 aliphatic rings. The van der Waals surface area contributed by atoms with E-state index in [0.717, 1.165) is 4.68 Å². The van der Waals surface area contributed by atoms with Crippen molar-refractivity contribution in [3.8, 4) is 0 Å². The molecule has 0 aromatic carbocycles. The maximum Gasteiger partial charge on any atom is 0.358 e. The summed E-state index contributed by atoms with van der Waals surface area (Å²) in [6, 6.07) is 1.52. The zero-order valence-corrected chi connectivity index (χ0v) is 7.85. The molecule has 1 aromatic rings. The summed E-state index contributed by atoms with van der Waals surface area (Å²) in [5.74, 6) is 4.81. The SMILES string of the molecule is COC(=O)c1c(Cl)ccn1N.Cl. The zero-order chi connectivity index (χ0) is 8.43. The van der Waals surface area contributed by atoms with Gasteiger partial charge in [-0.2, -0.15) is 0 Å². The molecule has 0 aliphatic heterocycles. The summed E-state index contributed by atoms with van der Waals surface area (Å²) in [7, 11) is 1.27. The van der Waals surface area contributed by atoms with Crippen LogP contribution in [0.25, 0.3) is 0 Å². The van der Waals surface area contributed by atoms with Crippen LogP contribution < -0.4 is 5.84 Å². The predicted octanol–water partition coefficient (Wildman–Crippen LogP) is 1.06. The molecule has 0 bridgehead atoms. The Kier molecular flexibility index (Phi) is 3.92. The molecule has 0 saturated carbocycles. The number of nitrogens with zero attached hydrogens (tertiary/aromatic N) is 1. The van der Waals surface area contributed by atoms with Crippen LogP contribution in [0.15, 0.2) is 12.3 Å². The second-order valence-corrected chi connectivity index (χ2v) is 2.32. The van der Waals surface area contributed by atoms with E-state index in [4.69, 9.17) is 17.4 Å². The van der Waals surface area contributed by atoms with E-state index < -0.39 is 5.97 Å². The Morgan fingerprint density at radius 1 is 1.75 bits per heavy atom. The van der Waals surface area contributed by atoms with Crippen molar-refractivity contribution in [2.75, 3.05) is 13.0 Å². The number of carbonyl (C=O) groups is 1. The Labute approximate surface area is 80.6 Å². The molecule has 0 aliphatic carbocycles. The molecular weight excluding hydrogens is 203 g/mol. The van der Waals surface area contributed by atoms with Crippen molar-refractivity contribution >= 4 is 30.0 Å². The average Bonchev–Trinajstić information content (AvgIpc) is 2.30. The maximum absolute atomic E-state index is 10.9. The Hall–Kier alpha value is -0.870. The molecule has 1 aromatic heterocycles. The summed E-state index contributed by atoms with van der Waals surface area (Å²) < 4.78 is 5.55. The topological polar surface area (TPSA) is 57.2 Å². The lowest BCUT2D eigenvalue weighted by atomic mass is 10.4. The van der Waals surface area contributed by atoms with E-state index in [0.29, 0.717) is 5.02 Å². The van der Waals surface area contributed by atoms with Gasteiger partial charge in [0.2, 0.25) is 0 Å². The Bertz CT molecular complexity index is 266. The van der Waals surface area contributed by atoms with Gasteiger partial charge < -0.3 is 10.6 Å². The van der Waals surface area contributed by atoms with Crippen LogP contribution in [0.1, 0.15) is 10.5 Å². The lowest BCUT2D eigenvalue weighted by Crippen LogP contribution is -2.16. The van der Waals surface area contributed by atoms with Gasteiger partial charge in [0.25, 0.3) is 0 Å². The van der Waals surface area contributed by atoms with Gasteiger partial charge in [0.15, 0.2) is 5.69 Å². The lowest BCUT2D eigenvalue weighted by Gasteiger charge is -2.00. The molecule has 6 heteroatoms. The van der Waals surface area contributed by atoms with E-state index in [1.165, 1.54) is 19.4 Å². The van der Waals surface area contributed by atoms with Gasteiger partial charge >= 0.3 is 5.97 Å². The summed E-state index contributed by atoms with van der Waals surface area (Å²) in [4.78, 5) is 10.9. The molecule has 68 valence electrons. The summed E-state index contributed by atoms with van der Waals surface area (Å²) >= 11 is 5.62. The van der Waals surface area contributed by atoms with Crippen LogP contribution in [0, 0.1) is 0 Å². The molecule has 12 heavy (non-hydrogen) atoms. The van der Waals surface area contributed by atoms with Crippen molar-refractivity contribution in [3.05, 3.63) is 23.0 Å². The number of hydrogen-bond donors (Lipinski definition) is 1. The number of methoxy groups -OCH3 is 1. The Balaban J connectivity index is 0.00000121. The van der Waals surface area contributed by atoms with Gasteiger partial charge in [-0.05, 0) is 6.07 Å². The Morgan fingerprint density at radius 3 is 2.67 bits per heavy atom. The molecule has 1 heterocycles. The molecule has 0 spiro atoms. The first-order chi connectivity index (χ1) is 5.16. The highest BCUT2D eigenvalue weighted by atomic mass is 35.5. The van der Waals surface area contributed by atoms with E-state index >= 15 is 0 Å². The lowest BCUT2D eigenvalue weighted by molar-refractivity contribution is 0.0591. The number of rotatable bonds is 1. The van der Waals surface area contributed by atoms with Gasteiger partial charge in [-0.3, -0.25) is 4.68 Å². The monoisotopic (exact) mass is 210 g/mol. The fraction of sp³-hybridized carbons (Fsp3) is 0.167. The fourth-order valence-electron chi connectivity index (χ4n) is 0.722. The summed E-state index contributed by atoms with van der Waals surface area (Å²) in [5, 5.41) is 0.291. The van der Waals surface area contributed by atoms with Crippen LogP contribution in [-0.4, -0.2) is 17.8 Å². The van der Waals surface area contributed by atoms with Gasteiger partial charge in [-0.15, -0.1) is 12.4 Å². The summed E-state index contributed by atoms with van der Waals surface area (Å²) in [5.41, 5.74) is 0.161. The minimum absolute atomic E-state index is 0. The van der Waals surface area contributed by atoms with E-state index in [1.54, 1.807) is 0 Å². The third-order valence-electron chi connectivity index (χ3n) is 1.24. The van der Waals surface area contributed by atoms with Crippen LogP contribution in [0.5, 0.6) is 0 Å². The van der Waals surface area contributed by atoms with Crippen LogP contribution >= 0.6 is 24.0 Å². The van der Waals surface area contributed by atoms with Gasteiger partial charge in [0, 0.05) is 6.20 Å². The van der Waals surface area contributed by atoms with Gasteiger partial charge in [-0.1, -0.05) is 11.6 Å². The van der Waals surface area contributed by atoms with Crippen LogP contribution in [0.2, 0.25) is 5.02 Å². The van der Waals surface area contributed by atoms with Crippen LogP contribution in [0.3, 0.4) is 0 Å². The number of carbonyl (C=O) groups excluding carboxylic acids is 1. The second-order valence-electron chi connectivity index (χ2n) is 1.91. The first kappa shape index (κ1) is 11.1. The van der Waals surface area contributed by atoms with Crippen LogP contribution in [0.4, 0.5) is 0 Å². The third kappa shape index (κ3) is 1.84. The highest BCUT2D eigenvalue weighted by Gasteiger charge is 2.14. The zero-order valence-electron chi connectivity index (χ0n) is 6.28. The summed E-state index contributed by atoms with van der Waals surface area (Å²) in [6.45, 7) is 0. The largest absolute Gasteiger partial charge is 0.464 e. The van der Waals surface area contributed by atoms with Crippen molar-refractivity contribution in [3.63, 3.8) is 0 Å². The van der Waals surface area contributed by atoms with Crippen molar-refractivity contribution < 1.29 is 9.53 Å². The third-order valence-corrected chi connectivity index (χ3v) is 1.55. The Morgan fingerprint density at radius 2 is 2.33 bits per heavy atom. The number of nitrogens with two attached hydrogens (primary N) is 1. The quantitative estimate of drug-likeness (QED) is 0.558. The van der Waals surface area contributed by atoms with Crippen molar-refractivity contribution in [1.29, 1.82) is 0 Å². The average molecular weight is 211 g/mol. The number of halogens is 2. The highest BCUT2D eigenvalue weighted by Crippen LogP contribution is 2.15.